The molecule has 1 aromatic rings. The fourth-order valence-electron chi connectivity index (χ4n) is 2.82. The van der Waals surface area contributed by atoms with Crippen LogP contribution < -0.4 is 0 Å². The Kier molecular flexibility index (Phi) is 4.59. The molecule has 1 aliphatic heterocycles. The van der Waals surface area contributed by atoms with Crippen LogP contribution in [0.3, 0.4) is 0 Å². The summed E-state index contributed by atoms with van der Waals surface area (Å²) in [5.74, 6) is 0.256. The van der Waals surface area contributed by atoms with E-state index in [2.05, 4.69) is 31.2 Å². The van der Waals surface area contributed by atoms with Crippen LogP contribution in [0.25, 0.3) is 0 Å². The van der Waals surface area contributed by atoms with Gasteiger partial charge in [0, 0.05) is 31.5 Å². The van der Waals surface area contributed by atoms with Crippen LogP contribution in [0, 0.1) is 0 Å². The van der Waals surface area contributed by atoms with Gasteiger partial charge >= 0.3 is 0 Å². The Morgan fingerprint density at radius 3 is 2.68 bits per heavy atom. The molecule has 0 radical (unpaired) electrons. The smallest absolute Gasteiger partial charge is 0.222 e. The molecule has 19 heavy (non-hydrogen) atoms. The van der Waals surface area contributed by atoms with E-state index in [1.54, 1.807) is 0 Å². The summed E-state index contributed by atoms with van der Waals surface area (Å²) in [6, 6.07) is 10.5. The third-order valence-electron chi connectivity index (χ3n) is 4.09. The number of hydrogen-bond donors (Lipinski definition) is 1. The van der Waals surface area contributed by atoms with E-state index in [9.17, 15) is 4.79 Å². The topological polar surface area (TPSA) is 40.5 Å². The Hall–Kier alpha value is -1.35. The van der Waals surface area contributed by atoms with Crippen LogP contribution in [0.2, 0.25) is 0 Å². The second kappa shape index (κ2) is 6.20. The van der Waals surface area contributed by atoms with Crippen LogP contribution in [0.15, 0.2) is 30.3 Å². The Morgan fingerprint density at radius 2 is 2.00 bits per heavy atom. The number of carbonyl (C=O) groups excluding carboxylic acids is 1. The molecule has 0 saturated carbocycles. The number of hydrogen-bond acceptors (Lipinski definition) is 2. The van der Waals surface area contributed by atoms with Crippen molar-refractivity contribution in [3.05, 3.63) is 35.9 Å². The van der Waals surface area contributed by atoms with E-state index < -0.39 is 0 Å². The maximum atomic E-state index is 12.0. The van der Waals surface area contributed by atoms with E-state index in [4.69, 9.17) is 5.11 Å². The van der Waals surface area contributed by atoms with Crippen LogP contribution in [-0.2, 0) is 10.2 Å². The predicted octanol–water partition coefficient (Wildman–Crippen LogP) is 2.34. The lowest BCUT2D eigenvalue weighted by Gasteiger charge is -2.40. The largest absolute Gasteiger partial charge is 0.396 e. The number of likely N-dealkylation sites (tertiary alicyclic amines) is 1. The molecule has 1 aliphatic rings. The van der Waals surface area contributed by atoms with Gasteiger partial charge in [-0.1, -0.05) is 37.3 Å². The van der Waals surface area contributed by atoms with Gasteiger partial charge in [0.05, 0.1) is 0 Å². The molecule has 0 spiro atoms. The minimum Gasteiger partial charge on any atom is -0.396 e. The molecule has 0 aliphatic carbocycles. The van der Waals surface area contributed by atoms with Gasteiger partial charge in [-0.05, 0) is 24.8 Å². The maximum absolute atomic E-state index is 12.0. The molecule has 1 fully saturated rings. The third kappa shape index (κ3) is 3.35. The van der Waals surface area contributed by atoms with Gasteiger partial charge in [-0.15, -0.1) is 0 Å². The average molecular weight is 261 g/mol. The van der Waals surface area contributed by atoms with E-state index in [1.807, 2.05) is 11.0 Å². The van der Waals surface area contributed by atoms with Gasteiger partial charge in [0.25, 0.3) is 0 Å². The molecule has 1 unspecified atom stereocenters. The van der Waals surface area contributed by atoms with Crippen molar-refractivity contribution in [3.63, 3.8) is 0 Å². The minimum atomic E-state index is 0.0639. The van der Waals surface area contributed by atoms with Crippen LogP contribution in [0.1, 0.15) is 38.2 Å². The molecular weight excluding hydrogens is 238 g/mol. The summed E-state index contributed by atoms with van der Waals surface area (Å²) >= 11 is 0. The van der Waals surface area contributed by atoms with Crippen molar-refractivity contribution >= 4 is 5.91 Å². The zero-order valence-electron chi connectivity index (χ0n) is 11.6. The Balaban J connectivity index is 2.05. The molecule has 104 valence electrons. The van der Waals surface area contributed by atoms with Gasteiger partial charge in [0.2, 0.25) is 5.91 Å². The Morgan fingerprint density at radius 1 is 1.26 bits per heavy atom. The fraction of sp³-hybridized carbons (Fsp3) is 0.562. The first-order valence-electron chi connectivity index (χ1n) is 7.10. The highest BCUT2D eigenvalue weighted by Crippen LogP contribution is 2.34. The van der Waals surface area contributed by atoms with E-state index in [0.29, 0.717) is 6.42 Å². The van der Waals surface area contributed by atoms with Crippen LogP contribution in [0.4, 0.5) is 0 Å². The first-order valence-corrected chi connectivity index (χ1v) is 7.10. The standard InChI is InChI=1S/C16H23NO2/c1-16(14-7-3-2-4-8-14)10-9-15(19)17(13-16)11-5-6-12-18/h2-4,7-8,18H,5-6,9-13H2,1H3. The molecule has 1 N–H and O–H groups in total. The van der Waals surface area contributed by atoms with Gasteiger partial charge in [-0.2, -0.15) is 0 Å². The number of amides is 1. The summed E-state index contributed by atoms with van der Waals surface area (Å²) in [4.78, 5) is 13.9. The van der Waals surface area contributed by atoms with E-state index >= 15 is 0 Å². The number of carbonyl (C=O) groups is 1. The highest BCUT2D eigenvalue weighted by molar-refractivity contribution is 5.77. The quantitative estimate of drug-likeness (QED) is 0.826. The number of benzene rings is 1. The molecule has 1 heterocycles. The Labute approximate surface area is 115 Å². The number of nitrogens with zero attached hydrogens (tertiary/aromatic N) is 1. The first kappa shape index (κ1) is 14.1. The number of unbranched alkanes of at least 4 members (excludes halogenated alkanes) is 1. The highest BCUT2D eigenvalue weighted by atomic mass is 16.3. The molecular formula is C16H23NO2. The van der Waals surface area contributed by atoms with E-state index in [0.717, 1.165) is 32.4 Å². The summed E-state index contributed by atoms with van der Waals surface area (Å²) in [5, 5.41) is 8.84. The van der Waals surface area contributed by atoms with Crippen molar-refractivity contribution in [2.24, 2.45) is 0 Å². The third-order valence-corrected chi connectivity index (χ3v) is 4.09. The average Bonchev–Trinajstić information content (AvgIpc) is 2.44. The number of aliphatic hydroxyl groups is 1. The van der Waals surface area contributed by atoms with Crippen LogP contribution in [0.5, 0.6) is 0 Å². The number of piperidine rings is 1. The minimum absolute atomic E-state index is 0.0639. The summed E-state index contributed by atoms with van der Waals surface area (Å²) < 4.78 is 0. The summed E-state index contributed by atoms with van der Waals surface area (Å²) in [5.41, 5.74) is 1.38. The summed E-state index contributed by atoms with van der Waals surface area (Å²) in [6.45, 7) is 4.01. The molecule has 1 aromatic carbocycles. The molecule has 1 amide bonds. The van der Waals surface area contributed by atoms with Gasteiger partial charge in [-0.3, -0.25) is 4.79 Å². The number of rotatable bonds is 5. The lowest BCUT2D eigenvalue weighted by Crippen LogP contribution is -2.47. The van der Waals surface area contributed by atoms with Crippen LogP contribution >= 0.6 is 0 Å². The second-order valence-corrected chi connectivity index (χ2v) is 5.67. The molecule has 2 rings (SSSR count). The summed E-state index contributed by atoms with van der Waals surface area (Å²) in [7, 11) is 0. The van der Waals surface area contributed by atoms with Crippen molar-refractivity contribution in [2.45, 2.75) is 38.0 Å². The van der Waals surface area contributed by atoms with Gasteiger partial charge in [0.1, 0.15) is 0 Å². The lowest BCUT2D eigenvalue weighted by molar-refractivity contribution is -0.135. The summed E-state index contributed by atoms with van der Waals surface area (Å²) in [6.07, 6.45) is 3.20. The molecule has 1 atom stereocenters. The SMILES string of the molecule is CC1(c2ccccc2)CCC(=O)N(CCCCO)C1. The zero-order valence-corrected chi connectivity index (χ0v) is 11.6. The maximum Gasteiger partial charge on any atom is 0.222 e. The van der Waals surface area contributed by atoms with Gasteiger partial charge in [-0.25, -0.2) is 0 Å². The fourth-order valence-corrected chi connectivity index (χ4v) is 2.82. The van der Waals surface area contributed by atoms with Crippen molar-refractivity contribution in [2.75, 3.05) is 19.7 Å². The molecule has 3 heteroatoms. The molecule has 0 aromatic heterocycles. The highest BCUT2D eigenvalue weighted by Gasteiger charge is 2.35. The Bertz CT molecular complexity index is 418. The van der Waals surface area contributed by atoms with Crippen molar-refractivity contribution in [1.29, 1.82) is 0 Å². The number of aliphatic hydroxyl groups excluding tert-OH is 1. The van der Waals surface area contributed by atoms with E-state index in [-0.39, 0.29) is 17.9 Å². The van der Waals surface area contributed by atoms with Crippen molar-refractivity contribution in [1.82, 2.24) is 4.90 Å². The van der Waals surface area contributed by atoms with Crippen molar-refractivity contribution < 1.29 is 9.90 Å². The van der Waals surface area contributed by atoms with E-state index in [1.165, 1.54) is 5.56 Å². The zero-order chi connectivity index (χ0) is 13.7. The monoisotopic (exact) mass is 261 g/mol. The lowest BCUT2D eigenvalue weighted by atomic mass is 9.75. The first-order chi connectivity index (χ1) is 9.15. The molecule has 3 nitrogen and oxygen atoms in total. The van der Waals surface area contributed by atoms with Gasteiger partial charge in [0.15, 0.2) is 0 Å². The van der Waals surface area contributed by atoms with Crippen molar-refractivity contribution in [3.8, 4) is 0 Å². The predicted molar refractivity (Wildman–Crippen MR) is 75.9 cm³/mol. The second-order valence-electron chi connectivity index (χ2n) is 5.67. The van der Waals surface area contributed by atoms with Crippen LogP contribution in [-0.4, -0.2) is 35.6 Å². The normalized spacial score (nSPS) is 23.7. The van der Waals surface area contributed by atoms with Gasteiger partial charge < -0.3 is 10.0 Å². The molecule has 0 bridgehead atoms. The molecule has 1 saturated heterocycles.